The first-order valence-corrected chi connectivity index (χ1v) is 6.83. The van der Waals surface area contributed by atoms with Gasteiger partial charge in [0.2, 0.25) is 0 Å². The van der Waals surface area contributed by atoms with Crippen molar-refractivity contribution >= 4 is 17.8 Å². The molecule has 1 aliphatic heterocycles. The van der Waals surface area contributed by atoms with Crippen LogP contribution in [-0.2, 0) is 11.8 Å². The number of hydrogen-bond donors (Lipinski definition) is 0. The Morgan fingerprint density at radius 1 is 1.05 bits per heavy atom. The molecule has 6 nitrogen and oxygen atoms in total. The molecule has 0 saturated carbocycles. The van der Waals surface area contributed by atoms with Crippen LogP contribution in [0.1, 0.15) is 31.2 Å². The number of hydrogen-bond acceptors (Lipinski definition) is 4. The second kappa shape index (κ2) is 5.48. The molecule has 0 aliphatic carbocycles. The van der Waals surface area contributed by atoms with Crippen molar-refractivity contribution in [2.45, 2.75) is 0 Å². The highest BCUT2D eigenvalue weighted by Crippen LogP contribution is 2.21. The average Bonchev–Trinajstić information content (AvgIpc) is 3.05. The number of aromatic nitrogens is 1. The summed E-state index contributed by atoms with van der Waals surface area (Å²) < 4.78 is 6.76. The quantitative estimate of drug-likeness (QED) is 0.633. The molecule has 1 aromatic carbocycles. The van der Waals surface area contributed by atoms with Crippen LogP contribution in [-0.4, -0.2) is 40.4 Å². The maximum absolute atomic E-state index is 12.1. The van der Waals surface area contributed by atoms with E-state index in [1.54, 1.807) is 54.2 Å². The molecule has 1 aliphatic rings. The zero-order chi connectivity index (χ0) is 15.7. The molecule has 0 saturated heterocycles. The summed E-state index contributed by atoms with van der Waals surface area (Å²) in [6.45, 7) is 0.0119. The lowest BCUT2D eigenvalue weighted by molar-refractivity contribution is 0.0412. The second-order valence-corrected chi connectivity index (χ2v) is 4.95. The van der Waals surface area contributed by atoms with Crippen LogP contribution < -0.4 is 0 Å². The zero-order valence-electron chi connectivity index (χ0n) is 12.0. The van der Waals surface area contributed by atoms with Crippen molar-refractivity contribution in [3.63, 3.8) is 0 Å². The van der Waals surface area contributed by atoms with Gasteiger partial charge in [-0.1, -0.05) is 12.1 Å². The fourth-order valence-corrected chi connectivity index (χ4v) is 2.42. The highest BCUT2D eigenvalue weighted by Gasteiger charge is 2.34. The predicted molar refractivity (Wildman–Crippen MR) is 77.5 cm³/mol. The van der Waals surface area contributed by atoms with Crippen LogP contribution in [0, 0.1) is 0 Å². The second-order valence-electron chi connectivity index (χ2n) is 4.95. The number of amides is 2. The van der Waals surface area contributed by atoms with Crippen LogP contribution in [0.5, 0.6) is 0 Å². The fourth-order valence-electron chi connectivity index (χ4n) is 2.42. The van der Waals surface area contributed by atoms with Crippen LogP contribution >= 0.6 is 0 Å². The van der Waals surface area contributed by atoms with Crippen molar-refractivity contribution < 1.29 is 19.1 Å². The summed E-state index contributed by atoms with van der Waals surface area (Å²) in [5.41, 5.74) is 1.20. The van der Waals surface area contributed by atoms with Gasteiger partial charge in [-0.15, -0.1) is 0 Å². The van der Waals surface area contributed by atoms with E-state index < -0.39 is 5.97 Å². The minimum atomic E-state index is -0.482. The molecule has 3 rings (SSSR count). The third-order valence-corrected chi connectivity index (χ3v) is 3.58. The Morgan fingerprint density at radius 2 is 1.68 bits per heavy atom. The third-order valence-electron chi connectivity index (χ3n) is 3.58. The first-order chi connectivity index (χ1) is 10.6. The van der Waals surface area contributed by atoms with Gasteiger partial charge < -0.3 is 9.30 Å². The molecule has 1 aromatic heterocycles. The Bertz CT molecular complexity index is 728. The predicted octanol–water partition coefficient (Wildman–Crippen LogP) is 1.48. The highest BCUT2D eigenvalue weighted by atomic mass is 16.5. The Morgan fingerprint density at radius 3 is 2.23 bits per heavy atom. The maximum Gasteiger partial charge on any atom is 0.354 e. The van der Waals surface area contributed by atoms with Crippen molar-refractivity contribution in [2.24, 2.45) is 7.05 Å². The van der Waals surface area contributed by atoms with E-state index in [0.29, 0.717) is 16.8 Å². The summed E-state index contributed by atoms with van der Waals surface area (Å²) in [6, 6.07) is 10.0. The van der Waals surface area contributed by atoms with Crippen molar-refractivity contribution in [1.82, 2.24) is 9.47 Å². The lowest BCUT2D eigenvalue weighted by atomic mass is 10.1. The van der Waals surface area contributed by atoms with Crippen molar-refractivity contribution in [2.75, 3.05) is 13.2 Å². The maximum atomic E-state index is 12.1. The van der Waals surface area contributed by atoms with Crippen LogP contribution in [0.4, 0.5) is 0 Å². The Labute approximate surface area is 126 Å². The van der Waals surface area contributed by atoms with Crippen LogP contribution in [0.3, 0.4) is 0 Å². The molecule has 0 unspecified atom stereocenters. The standard InChI is InChI=1S/C16H14N2O4/c1-17-8-4-7-13(17)16(21)22-10-9-18-14(19)11-5-2-3-6-12(11)15(18)20/h2-8H,9-10H2,1H3. The highest BCUT2D eigenvalue weighted by molar-refractivity contribution is 6.21. The molecule has 2 heterocycles. The number of aryl methyl sites for hydroxylation is 1. The Kier molecular flexibility index (Phi) is 3.50. The van der Waals surface area contributed by atoms with Gasteiger partial charge in [-0.05, 0) is 24.3 Å². The largest absolute Gasteiger partial charge is 0.459 e. The molecule has 0 spiro atoms. The summed E-state index contributed by atoms with van der Waals surface area (Å²) in [6.07, 6.45) is 1.74. The van der Waals surface area contributed by atoms with E-state index in [1.165, 1.54) is 0 Å². The lowest BCUT2D eigenvalue weighted by Crippen LogP contribution is -2.33. The molecule has 112 valence electrons. The first-order valence-electron chi connectivity index (χ1n) is 6.83. The third kappa shape index (κ3) is 2.28. The van der Waals surface area contributed by atoms with Crippen molar-refractivity contribution in [1.29, 1.82) is 0 Å². The van der Waals surface area contributed by atoms with E-state index in [0.717, 1.165) is 4.90 Å². The number of rotatable bonds is 4. The lowest BCUT2D eigenvalue weighted by Gasteiger charge is -2.13. The molecule has 0 bridgehead atoms. The van der Waals surface area contributed by atoms with Crippen molar-refractivity contribution in [3.05, 3.63) is 59.4 Å². The smallest absolute Gasteiger partial charge is 0.354 e. The van der Waals surface area contributed by atoms with E-state index in [-0.39, 0.29) is 25.0 Å². The topological polar surface area (TPSA) is 68.6 Å². The average molecular weight is 298 g/mol. The Hall–Kier alpha value is -2.89. The number of esters is 1. The molecular weight excluding hydrogens is 284 g/mol. The van der Waals surface area contributed by atoms with E-state index in [2.05, 4.69) is 0 Å². The molecule has 0 fully saturated rings. The molecule has 0 atom stereocenters. The van der Waals surface area contributed by atoms with Gasteiger partial charge in [0.05, 0.1) is 17.7 Å². The van der Waals surface area contributed by atoms with E-state index in [4.69, 9.17) is 4.74 Å². The minimum absolute atomic E-state index is 0.0323. The number of carbonyl (C=O) groups excluding carboxylic acids is 3. The molecule has 6 heteroatoms. The summed E-state index contributed by atoms with van der Waals surface area (Å²) in [7, 11) is 1.74. The van der Waals surface area contributed by atoms with E-state index in [1.807, 2.05) is 0 Å². The van der Waals surface area contributed by atoms with Gasteiger partial charge in [0.25, 0.3) is 11.8 Å². The van der Waals surface area contributed by atoms with Crippen LogP contribution in [0.25, 0.3) is 0 Å². The van der Waals surface area contributed by atoms with Gasteiger partial charge in [-0.2, -0.15) is 0 Å². The van der Waals surface area contributed by atoms with E-state index in [9.17, 15) is 14.4 Å². The van der Waals surface area contributed by atoms with Crippen LogP contribution in [0.15, 0.2) is 42.6 Å². The van der Waals surface area contributed by atoms with E-state index >= 15 is 0 Å². The van der Waals surface area contributed by atoms with Crippen molar-refractivity contribution in [3.8, 4) is 0 Å². The van der Waals surface area contributed by atoms with Crippen LogP contribution in [0.2, 0.25) is 0 Å². The summed E-state index contributed by atoms with van der Waals surface area (Å²) in [4.78, 5) is 37.2. The monoisotopic (exact) mass is 298 g/mol. The molecule has 0 radical (unpaired) electrons. The number of imide groups is 1. The number of fused-ring (bicyclic) bond motifs is 1. The van der Waals surface area contributed by atoms with Gasteiger partial charge in [0.15, 0.2) is 0 Å². The summed E-state index contributed by atoms with van der Waals surface area (Å²) in [5.74, 6) is -1.19. The zero-order valence-corrected chi connectivity index (χ0v) is 12.0. The van der Waals surface area contributed by atoms with Gasteiger partial charge in [0, 0.05) is 13.2 Å². The SMILES string of the molecule is Cn1cccc1C(=O)OCCN1C(=O)c2ccccc2C1=O. The molecule has 2 amide bonds. The Balaban J connectivity index is 1.62. The first kappa shape index (κ1) is 14.1. The number of benzene rings is 1. The number of nitrogens with zero attached hydrogens (tertiary/aromatic N) is 2. The van der Waals surface area contributed by atoms with Gasteiger partial charge in [-0.25, -0.2) is 4.79 Å². The van der Waals surface area contributed by atoms with Gasteiger partial charge in [0.1, 0.15) is 12.3 Å². The normalized spacial score (nSPS) is 13.4. The molecule has 0 N–H and O–H groups in total. The summed E-state index contributed by atoms with van der Waals surface area (Å²) in [5, 5.41) is 0. The molecule has 2 aromatic rings. The van der Waals surface area contributed by atoms with Gasteiger partial charge >= 0.3 is 5.97 Å². The summed E-state index contributed by atoms with van der Waals surface area (Å²) >= 11 is 0. The number of ether oxygens (including phenoxy) is 1. The minimum Gasteiger partial charge on any atom is -0.459 e. The molecule has 22 heavy (non-hydrogen) atoms. The molecular formula is C16H14N2O4. The number of carbonyl (C=O) groups is 3. The van der Waals surface area contributed by atoms with Gasteiger partial charge in [-0.3, -0.25) is 14.5 Å². The fraction of sp³-hybridized carbons (Fsp3) is 0.188.